The van der Waals surface area contributed by atoms with Gasteiger partial charge >= 0.3 is 0 Å². The number of hydrogen-bond donors (Lipinski definition) is 1. The summed E-state index contributed by atoms with van der Waals surface area (Å²) in [6.07, 6.45) is 0. The minimum atomic E-state index is -0.407. The third-order valence-electron chi connectivity index (χ3n) is 4.84. The summed E-state index contributed by atoms with van der Waals surface area (Å²) in [5.74, 6) is 2.55. The molecule has 0 heterocycles. The molecule has 162 valence electrons. The van der Waals surface area contributed by atoms with Gasteiger partial charge in [-0.05, 0) is 48.9 Å². The standard InChI is InChI=1S/C25H28N2O4/c1-18(25(28)27(2)17-19-8-6-5-7-9-19)26-20-10-15-23(30-4)24(16-20)31-22-13-11-21(29-3)12-14-22/h5-16,18,26H,17H2,1-4H3. The lowest BCUT2D eigenvalue weighted by molar-refractivity contribution is -0.130. The number of ether oxygens (including phenoxy) is 3. The van der Waals surface area contributed by atoms with E-state index in [2.05, 4.69) is 5.32 Å². The number of carbonyl (C=O) groups excluding carboxylic acids is 1. The topological polar surface area (TPSA) is 60.0 Å². The molecule has 1 amide bonds. The largest absolute Gasteiger partial charge is 0.497 e. The molecule has 0 aliphatic rings. The highest BCUT2D eigenvalue weighted by Crippen LogP contribution is 2.34. The second-order valence-electron chi connectivity index (χ2n) is 7.19. The van der Waals surface area contributed by atoms with Crippen molar-refractivity contribution in [1.82, 2.24) is 4.90 Å². The van der Waals surface area contributed by atoms with Gasteiger partial charge in [0.15, 0.2) is 11.5 Å². The Morgan fingerprint density at radius 2 is 1.58 bits per heavy atom. The zero-order chi connectivity index (χ0) is 22.2. The van der Waals surface area contributed by atoms with Crippen LogP contribution in [0.4, 0.5) is 5.69 Å². The molecule has 31 heavy (non-hydrogen) atoms. The van der Waals surface area contributed by atoms with Crippen LogP contribution in [0.15, 0.2) is 72.8 Å². The second kappa shape index (κ2) is 10.4. The van der Waals surface area contributed by atoms with Crippen molar-refractivity contribution in [3.8, 4) is 23.0 Å². The maximum absolute atomic E-state index is 12.8. The number of amides is 1. The van der Waals surface area contributed by atoms with Gasteiger partial charge in [0.05, 0.1) is 14.2 Å². The molecule has 6 nitrogen and oxygen atoms in total. The number of benzene rings is 3. The summed E-state index contributed by atoms with van der Waals surface area (Å²) in [6, 6.07) is 22.3. The Balaban J connectivity index is 1.68. The van der Waals surface area contributed by atoms with Crippen LogP contribution in [0, 0.1) is 0 Å². The number of anilines is 1. The zero-order valence-corrected chi connectivity index (χ0v) is 18.3. The fraction of sp³-hybridized carbons (Fsp3) is 0.240. The minimum absolute atomic E-state index is 0.00251. The zero-order valence-electron chi connectivity index (χ0n) is 18.3. The first-order chi connectivity index (χ1) is 15.0. The molecule has 0 spiro atoms. The molecular formula is C25H28N2O4. The van der Waals surface area contributed by atoms with Crippen LogP contribution < -0.4 is 19.5 Å². The van der Waals surface area contributed by atoms with E-state index in [9.17, 15) is 4.79 Å². The molecule has 0 radical (unpaired) electrons. The molecule has 0 aliphatic carbocycles. The monoisotopic (exact) mass is 420 g/mol. The van der Waals surface area contributed by atoms with Crippen LogP contribution in [0.5, 0.6) is 23.0 Å². The molecule has 1 atom stereocenters. The lowest BCUT2D eigenvalue weighted by Gasteiger charge is -2.23. The predicted molar refractivity (Wildman–Crippen MR) is 122 cm³/mol. The number of hydrogen-bond acceptors (Lipinski definition) is 5. The van der Waals surface area contributed by atoms with E-state index in [4.69, 9.17) is 14.2 Å². The molecule has 0 fully saturated rings. The van der Waals surface area contributed by atoms with Gasteiger partial charge in [-0.15, -0.1) is 0 Å². The lowest BCUT2D eigenvalue weighted by Crippen LogP contribution is -2.38. The first kappa shape index (κ1) is 22.0. The molecule has 3 aromatic rings. The second-order valence-corrected chi connectivity index (χ2v) is 7.19. The highest BCUT2D eigenvalue weighted by Gasteiger charge is 2.18. The smallest absolute Gasteiger partial charge is 0.244 e. The van der Waals surface area contributed by atoms with E-state index in [1.54, 1.807) is 26.2 Å². The van der Waals surface area contributed by atoms with Gasteiger partial charge in [-0.25, -0.2) is 0 Å². The number of nitrogens with zero attached hydrogens (tertiary/aromatic N) is 1. The van der Waals surface area contributed by atoms with Crippen LogP contribution in [0.1, 0.15) is 12.5 Å². The van der Waals surface area contributed by atoms with E-state index in [0.29, 0.717) is 23.8 Å². The highest BCUT2D eigenvalue weighted by molar-refractivity contribution is 5.84. The van der Waals surface area contributed by atoms with E-state index >= 15 is 0 Å². The Kier molecular flexibility index (Phi) is 7.38. The molecule has 1 N–H and O–H groups in total. The van der Waals surface area contributed by atoms with Crippen molar-refractivity contribution in [3.05, 3.63) is 78.4 Å². The normalized spacial score (nSPS) is 11.4. The lowest BCUT2D eigenvalue weighted by atomic mass is 10.2. The third kappa shape index (κ3) is 5.92. The van der Waals surface area contributed by atoms with Crippen molar-refractivity contribution in [2.45, 2.75) is 19.5 Å². The summed E-state index contributed by atoms with van der Waals surface area (Å²) < 4.78 is 16.6. The van der Waals surface area contributed by atoms with E-state index in [-0.39, 0.29) is 5.91 Å². The molecule has 0 aliphatic heterocycles. The van der Waals surface area contributed by atoms with E-state index in [1.165, 1.54) is 0 Å². The number of likely N-dealkylation sites (N-methyl/N-ethyl adjacent to an activating group) is 1. The molecule has 6 heteroatoms. The summed E-state index contributed by atoms with van der Waals surface area (Å²) in [5, 5.41) is 3.26. The van der Waals surface area contributed by atoms with Crippen LogP contribution in [-0.2, 0) is 11.3 Å². The van der Waals surface area contributed by atoms with Crippen molar-refractivity contribution >= 4 is 11.6 Å². The van der Waals surface area contributed by atoms with Crippen LogP contribution in [-0.4, -0.2) is 38.1 Å². The molecule has 3 rings (SSSR count). The third-order valence-corrected chi connectivity index (χ3v) is 4.84. The van der Waals surface area contributed by atoms with Gasteiger partial charge < -0.3 is 24.4 Å². The van der Waals surface area contributed by atoms with Crippen molar-refractivity contribution in [2.75, 3.05) is 26.6 Å². The molecule has 0 saturated heterocycles. The van der Waals surface area contributed by atoms with Gasteiger partial charge in [0.25, 0.3) is 0 Å². The predicted octanol–water partition coefficient (Wildman–Crippen LogP) is 4.96. The van der Waals surface area contributed by atoms with Gasteiger partial charge in [0.2, 0.25) is 5.91 Å². The van der Waals surface area contributed by atoms with Crippen molar-refractivity contribution < 1.29 is 19.0 Å². The quantitative estimate of drug-likeness (QED) is 0.530. The van der Waals surface area contributed by atoms with Crippen LogP contribution >= 0.6 is 0 Å². The molecule has 0 aromatic heterocycles. The average Bonchev–Trinajstić information content (AvgIpc) is 2.80. The Bertz CT molecular complexity index is 990. The minimum Gasteiger partial charge on any atom is -0.497 e. The Morgan fingerprint density at radius 1 is 0.903 bits per heavy atom. The maximum atomic E-state index is 12.8. The van der Waals surface area contributed by atoms with E-state index in [1.807, 2.05) is 79.7 Å². The van der Waals surface area contributed by atoms with Gasteiger partial charge in [0, 0.05) is 25.3 Å². The van der Waals surface area contributed by atoms with Crippen molar-refractivity contribution in [2.24, 2.45) is 0 Å². The fourth-order valence-electron chi connectivity index (χ4n) is 3.19. The number of rotatable bonds is 9. The van der Waals surface area contributed by atoms with Gasteiger partial charge in [-0.2, -0.15) is 0 Å². The number of methoxy groups -OCH3 is 2. The molecular weight excluding hydrogens is 392 g/mol. The molecule has 1 unspecified atom stereocenters. The maximum Gasteiger partial charge on any atom is 0.244 e. The van der Waals surface area contributed by atoms with Crippen LogP contribution in [0.3, 0.4) is 0 Å². The van der Waals surface area contributed by atoms with Crippen molar-refractivity contribution in [3.63, 3.8) is 0 Å². The van der Waals surface area contributed by atoms with Crippen molar-refractivity contribution in [1.29, 1.82) is 0 Å². The average molecular weight is 421 g/mol. The first-order valence-corrected chi connectivity index (χ1v) is 10.1. The number of nitrogens with one attached hydrogen (secondary N) is 1. The van der Waals surface area contributed by atoms with Crippen LogP contribution in [0.2, 0.25) is 0 Å². The van der Waals surface area contributed by atoms with Crippen LogP contribution in [0.25, 0.3) is 0 Å². The van der Waals surface area contributed by atoms with E-state index < -0.39 is 6.04 Å². The molecule has 0 bridgehead atoms. The van der Waals surface area contributed by atoms with Gasteiger partial charge in [-0.1, -0.05) is 30.3 Å². The van der Waals surface area contributed by atoms with Gasteiger partial charge in [-0.3, -0.25) is 4.79 Å². The molecule has 3 aromatic carbocycles. The summed E-state index contributed by atoms with van der Waals surface area (Å²) >= 11 is 0. The van der Waals surface area contributed by atoms with Gasteiger partial charge in [0.1, 0.15) is 17.5 Å². The Morgan fingerprint density at radius 3 is 2.23 bits per heavy atom. The summed E-state index contributed by atoms with van der Waals surface area (Å²) in [7, 11) is 5.02. The fourth-order valence-corrected chi connectivity index (χ4v) is 3.19. The Hall–Kier alpha value is -3.67. The first-order valence-electron chi connectivity index (χ1n) is 10.1. The summed E-state index contributed by atoms with van der Waals surface area (Å²) in [4.78, 5) is 14.5. The Labute approximate surface area is 183 Å². The van der Waals surface area contributed by atoms with E-state index in [0.717, 1.165) is 17.0 Å². The summed E-state index contributed by atoms with van der Waals surface area (Å²) in [5.41, 5.74) is 1.85. The molecule has 0 saturated carbocycles. The summed E-state index contributed by atoms with van der Waals surface area (Å²) in [6.45, 7) is 2.40. The highest BCUT2D eigenvalue weighted by atomic mass is 16.5. The SMILES string of the molecule is COc1ccc(Oc2cc(NC(C)C(=O)N(C)Cc3ccccc3)ccc2OC)cc1. The number of carbonyl (C=O) groups is 1.